The Morgan fingerprint density at radius 3 is 2.59 bits per heavy atom. The molecule has 0 bridgehead atoms. The maximum Gasteiger partial charge on any atom is 0.326 e. The van der Waals surface area contributed by atoms with Crippen LogP contribution in [0.25, 0.3) is 21.9 Å². The third-order valence-corrected chi connectivity index (χ3v) is 7.50. The van der Waals surface area contributed by atoms with Gasteiger partial charge in [0, 0.05) is 41.9 Å². The fraction of sp³-hybridized carbons (Fsp3) is 0.517. The molecule has 5 rings (SSSR count). The van der Waals surface area contributed by atoms with E-state index in [1.54, 1.807) is 24.5 Å². The van der Waals surface area contributed by atoms with E-state index in [4.69, 9.17) is 19.9 Å². The number of pyridine rings is 1. The molecule has 0 radical (unpaired) electrons. The summed E-state index contributed by atoms with van der Waals surface area (Å²) in [6.07, 6.45) is 8.53. The summed E-state index contributed by atoms with van der Waals surface area (Å²) in [5, 5.41) is 8.00. The Bertz CT molecular complexity index is 1430. The monoisotopic (exact) mass is 571 g/mol. The molecule has 2 aliphatic rings. The van der Waals surface area contributed by atoms with Gasteiger partial charge in [-0.2, -0.15) is 13.9 Å². The van der Waals surface area contributed by atoms with Gasteiger partial charge in [0.15, 0.2) is 0 Å². The molecule has 1 unspecified atom stereocenters. The molecule has 3 N–H and O–H groups in total. The summed E-state index contributed by atoms with van der Waals surface area (Å²) in [7, 11) is 0. The van der Waals surface area contributed by atoms with Gasteiger partial charge in [0.05, 0.1) is 36.1 Å². The zero-order valence-corrected chi connectivity index (χ0v) is 23.4. The van der Waals surface area contributed by atoms with Crippen LogP contribution in [0.1, 0.15) is 69.3 Å². The maximum atomic E-state index is 13.7. The van der Waals surface area contributed by atoms with E-state index in [9.17, 15) is 18.4 Å². The third kappa shape index (κ3) is 6.12. The van der Waals surface area contributed by atoms with Crippen molar-refractivity contribution < 1.29 is 32.6 Å². The van der Waals surface area contributed by atoms with Crippen LogP contribution in [0.4, 0.5) is 8.78 Å². The van der Waals surface area contributed by atoms with E-state index in [2.05, 4.69) is 15.4 Å². The molecule has 2 aromatic heterocycles. The highest BCUT2D eigenvalue weighted by molar-refractivity contribution is 6.06. The molecule has 41 heavy (non-hydrogen) atoms. The van der Waals surface area contributed by atoms with E-state index in [0.717, 1.165) is 31.2 Å². The van der Waals surface area contributed by atoms with Crippen molar-refractivity contribution in [2.45, 2.75) is 83.1 Å². The van der Waals surface area contributed by atoms with E-state index >= 15 is 0 Å². The van der Waals surface area contributed by atoms with E-state index in [0.29, 0.717) is 22.9 Å². The van der Waals surface area contributed by atoms with Crippen LogP contribution in [0, 0.1) is 0 Å². The summed E-state index contributed by atoms with van der Waals surface area (Å²) in [6.45, 7) is 6.15. The van der Waals surface area contributed by atoms with Crippen LogP contribution in [-0.4, -0.2) is 64.0 Å². The average molecular weight is 572 g/mol. The van der Waals surface area contributed by atoms with Gasteiger partial charge in [-0.1, -0.05) is 0 Å². The summed E-state index contributed by atoms with van der Waals surface area (Å²) >= 11 is 0. The quantitative estimate of drug-likeness (QED) is 0.369. The van der Waals surface area contributed by atoms with Gasteiger partial charge in [-0.25, -0.2) is 4.98 Å². The number of amides is 2. The molecule has 1 aliphatic heterocycles. The molecule has 1 aliphatic carbocycles. The second-order valence-corrected chi connectivity index (χ2v) is 10.9. The number of nitrogens with zero attached hydrogens (tertiary/aromatic N) is 3. The summed E-state index contributed by atoms with van der Waals surface area (Å²) in [5.74, 6) is -5.01. The molecule has 0 spiro atoms. The Labute approximate surface area is 236 Å². The fourth-order valence-corrected chi connectivity index (χ4v) is 5.54. The summed E-state index contributed by atoms with van der Waals surface area (Å²) in [5.41, 5.74) is 7.39. The van der Waals surface area contributed by atoms with Crippen LogP contribution in [0.3, 0.4) is 0 Å². The molecule has 10 nitrogen and oxygen atoms in total. The molecule has 1 saturated heterocycles. The van der Waals surface area contributed by atoms with Crippen LogP contribution in [0.15, 0.2) is 30.7 Å². The molecular weight excluding hydrogens is 536 g/mol. The lowest BCUT2D eigenvalue weighted by Crippen LogP contribution is -2.33. The molecule has 1 atom stereocenters. The number of carbonyl (C=O) groups is 2. The number of carbonyl (C=O) groups excluding carboxylic acids is 2. The molecule has 1 saturated carbocycles. The molecule has 3 heterocycles. The van der Waals surface area contributed by atoms with Crippen LogP contribution < -0.4 is 20.5 Å². The Kier molecular flexibility index (Phi) is 8.12. The van der Waals surface area contributed by atoms with Gasteiger partial charge in [0.1, 0.15) is 12.4 Å². The number of hydrogen-bond donors (Lipinski definition) is 2. The van der Waals surface area contributed by atoms with Crippen molar-refractivity contribution in [2.24, 2.45) is 5.73 Å². The molecule has 12 heteroatoms. The minimum absolute atomic E-state index is 0.152. The first-order valence-electron chi connectivity index (χ1n) is 14.0. The van der Waals surface area contributed by atoms with E-state index in [1.807, 2.05) is 31.6 Å². The van der Waals surface area contributed by atoms with Gasteiger partial charge in [0.2, 0.25) is 5.88 Å². The second-order valence-electron chi connectivity index (χ2n) is 10.9. The van der Waals surface area contributed by atoms with E-state index < -0.39 is 30.2 Å². The first-order chi connectivity index (χ1) is 19.6. The SMILES string of the molecule is CCOC1CCC(n2cc(-c3cnc(OCC4CC(F)(F)C(=O)N4)c4cc(OC(C)C)c(C(N)=O)cc34)cn2)CC1. The van der Waals surface area contributed by atoms with Crippen molar-refractivity contribution in [2.75, 3.05) is 13.2 Å². The van der Waals surface area contributed by atoms with E-state index in [1.165, 1.54) is 0 Å². The number of alkyl halides is 2. The fourth-order valence-electron chi connectivity index (χ4n) is 5.54. The van der Waals surface area contributed by atoms with Gasteiger partial charge in [-0.3, -0.25) is 14.3 Å². The number of nitrogens with one attached hydrogen (secondary N) is 1. The smallest absolute Gasteiger partial charge is 0.326 e. The number of primary amides is 1. The van der Waals surface area contributed by atoms with Gasteiger partial charge in [0.25, 0.3) is 11.8 Å². The van der Waals surface area contributed by atoms with Crippen LogP contribution in [0.5, 0.6) is 11.6 Å². The van der Waals surface area contributed by atoms with Crippen molar-refractivity contribution in [1.29, 1.82) is 0 Å². The van der Waals surface area contributed by atoms with Gasteiger partial charge >= 0.3 is 5.92 Å². The van der Waals surface area contributed by atoms with Gasteiger partial charge < -0.3 is 25.3 Å². The van der Waals surface area contributed by atoms with Crippen molar-refractivity contribution in [3.8, 4) is 22.8 Å². The predicted octanol–water partition coefficient (Wildman–Crippen LogP) is 4.41. The second kappa shape index (κ2) is 11.6. The van der Waals surface area contributed by atoms with Crippen LogP contribution in [-0.2, 0) is 9.53 Å². The Morgan fingerprint density at radius 1 is 1.20 bits per heavy atom. The molecule has 2 fully saturated rings. The minimum Gasteiger partial charge on any atom is -0.490 e. The zero-order chi connectivity index (χ0) is 29.3. The largest absolute Gasteiger partial charge is 0.490 e. The van der Waals surface area contributed by atoms with Crippen molar-refractivity contribution in [3.05, 3.63) is 36.3 Å². The number of fused-ring (bicyclic) bond motifs is 1. The highest BCUT2D eigenvalue weighted by Crippen LogP contribution is 2.39. The van der Waals surface area contributed by atoms with Crippen molar-refractivity contribution in [1.82, 2.24) is 20.1 Å². The molecular formula is C29H35F2N5O5. The lowest BCUT2D eigenvalue weighted by atomic mass is 9.93. The third-order valence-electron chi connectivity index (χ3n) is 7.50. The normalized spacial score (nSPS) is 22.2. The standard InChI is InChI=1S/C29H35F2N5O5/c1-4-39-20-7-5-19(6-8-20)36-14-17(12-34-36)24-13-33-27(40-15-18-11-29(30,31)28(38)35-18)22-10-25(41-16(2)3)23(26(32)37)9-21(22)24/h9-10,12-14,16,18-20H,4-8,11,15H2,1-3H3,(H2,32,37)(H,35,38). The first-order valence-corrected chi connectivity index (χ1v) is 14.0. The van der Waals surface area contributed by atoms with E-state index in [-0.39, 0.29) is 42.0 Å². The Morgan fingerprint density at radius 2 is 1.95 bits per heavy atom. The number of halogens is 2. The van der Waals surface area contributed by atoms with Crippen LogP contribution in [0.2, 0.25) is 0 Å². The number of rotatable bonds is 10. The lowest BCUT2D eigenvalue weighted by Gasteiger charge is -2.28. The predicted molar refractivity (Wildman–Crippen MR) is 147 cm³/mol. The number of benzene rings is 1. The summed E-state index contributed by atoms with van der Waals surface area (Å²) < 4.78 is 46.9. The molecule has 1 aromatic carbocycles. The zero-order valence-electron chi connectivity index (χ0n) is 23.4. The average Bonchev–Trinajstić information content (AvgIpc) is 3.51. The summed E-state index contributed by atoms with van der Waals surface area (Å²) in [6, 6.07) is 2.63. The number of ether oxygens (including phenoxy) is 3. The minimum atomic E-state index is -3.44. The number of aromatic nitrogens is 3. The highest BCUT2D eigenvalue weighted by Gasteiger charge is 2.48. The maximum absolute atomic E-state index is 13.7. The van der Waals surface area contributed by atoms with Gasteiger partial charge in [-0.05, 0) is 64.0 Å². The Hall–Kier alpha value is -3.80. The van der Waals surface area contributed by atoms with Crippen molar-refractivity contribution in [3.63, 3.8) is 0 Å². The summed E-state index contributed by atoms with van der Waals surface area (Å²) in [4.78, 5) is 28.4. The van der Waals surface area contributed by atoms with Crippen LogP contribution >= 0.6 is 0 Å². The first kappa shape index (κ1) is 28.7. The number of nitrogens with two attached hydrogens (primary N) is 1. The van der Waals surface area contributed by atoms with Crippen molar-refractivity contribution >= 4 is 22.6 Å². The lowest BCUT2D eigenvalue weighted by molar-refractivity contribution is -0.139. The number of hydrogen-bond acceptors (Lipinski definition) is 7. The highest BCUT2D eigenvalue weighted by atomic mass is 19.3. The van der Waals surface area contributed by atoms with Gasteiger partial charge in [-0.15, -0.1) is 0 Å². The molecule has 3 aromatic rings. The molecule has 220 valence electrons. The topological polar surface area (TPSA) is 131 Å². The Balaban J connectivity index is 1.49. The molecule has 2 amide bonds.